The summed E-state index contributed by atoms with van der Waals surface area (Å²) in [5.41, 5.74) is 3.36. The van der Waals surface area contributed by atoms with Gasteiger partial charge in [-0.1, -0.05) is 54.6 Å². The van der Waals surface area contributed by atoms with Crippen LogP contribution in [0.1, 0.15) is 29.5 Å². The van der Waals surface area contributed by atoms with Gasteiger partial charge in [0, 0.05) is 24.7 Å². The molecule has 4 rings (SSSR count). The van der Waals surface area contributed by atoms with Gasteiger partial charge in [-0.3, -0.25) is 4.90 Å². The van der Waals surface area contributed by atoms with Crippen molar-refractivity contribution in [1.82, 2.24) is 10.2 Å². The summed E-state index contributed by atoms with van der Waals surface area (Å²) in [6, 6.07) is 23.5. The van der Waals surface area contributed by atoms with Crippen LogP contribution in [0.3, 0.4) is 0 Å². The monoisotopic (exact) mass is 434 g/mol. The summed E-state index contributed by atoms with van der Waals surface area (Å²) in [4.78, 5) is 2.52. The minimum absolute atomic E-state index is 0.245. The number of hydrogen-bond donors (Lipinski definition) is 1. The zero-order valence-corrected chi connectivity index (χ0v) is 18.6. The van der Waals surface area contributed by atoms with E-state index in [0.29, 0.717) is 18.4 Å². The molecule has 1 aliphatic heterocycles. The van der Waals surface area contributed by atoms with Crippen molar-refractivity contribution in [2.24, 2.45) is 0 Å². The van der Waals surface area contributed by atoms with E-state index in [0.717, 1.165) is 55.9 Å². The van der Waals surface area contributed by atoms with Crippen LogP contribution in [-0.2, 0) is 19.7 Å². The second-order valence-corrected chi connectivity index (χ2v) is 8.28. The van der Waals surface area contributed by atoms with Gasteiger partial charge in [0.25, 0.3) is 0 Å². The lowest BCUT2D eigenvalue weighted by atomic mass is 10.0. The first-order valence-corrected chi connectivity index (χ1v) is 11.2. The van der Waals surface area contributed by atoms with Crippen LogP contribution < -0.4 is 14.8 Å². The number of nitrogens with one attached hydrogen (secondary N) is 1. The summed E-state index contributed by atoms with van der Waals surface area (Å²) in [5, 5.41) is 3.71. The van der Waals surface area contributed by atoms with Gasteiger partial charge < -0.3 is 14.8 Å². The van der Waals surface area contributed by atoms with E-state index in [1.807, 2.05) is 12.1 Å². The summed E-state index contributed by atoms with van der Waals surface area (Å²) in [5.74, 6) is 1.21. The van der Waals surface area contributed by atoms with Gasteiger partial charge in [-0.15, -0.1) is 0 Å². The Labute approximate surface area is 190 Å². The third-order valence-corrected chi connectivity index (χ3v) is 5.99. The molecule has 0 unspecified atom stereocenters. The van der Waals surface area contributed by atoms with Crippen LogP contribution in [0.2, 0.25) is 0 Å². The van der Waals surface area contributed by atoms with Gasteiger partial charge in [0.2, 0.25) is 0 Å². The smallest absolute Gasteiger partial charge is 0.166 e. The van der Waals surface area contributed by atoms with E-state index in [1.54, 1.807) is 19.2 Å². The molecule has 1 saturated heterocycles. The SMILES string of the molecule is COc1cccc(CNC2CCN(Cc3ccccc3)CC2)c1OCc1ccc(F)cc1. The van der Waals surface area contributed by atoms with E-state index in [9.17, 15) is 4.39 Å². The summed E-state index contributed by atoms with van der Waals surface area (Å²) < 4.78 is 24.8. The molecular formula is C27H31FN2O2. The molecule has 32 heavy (non-hydrogen) atoms. The van der Waals surface area contributed by atoms with Gasteiger partial charge in [0.15, 0.2) is 11.5 Å². The molecule has 1 N–H and O–H groups in total. The average Bonchev–Trinajstić information content (AvgIpc) is 2.84. The largest absolute Gasteiger partial charge is 0.493 e. The maximum atomic E-state index is 13.2. The molecule has 168 valence electrons. The molecule has 0 aromatic heterocycles. The number of rotatable bonds is 9. The number of halogens is 1. The molecule has 0 atom stereocenters. The Balaban J connectivity index is 1.31. The first-order valence-electron chi connectivity index (χ1n) is 11.2. The van der Waals surface area contributed by atoms with E-state index in [1.165, 1.54) is 17.7 Å². The summed E-state index contributed by atoms with van der Waals surface area (Å²) >= 11 is 0. The topological polar surface area (TPSA) is 33.7 Å². The summed E-state index contributed by atoms with van der Waals surface area (Å²) in [6.07, 6.45) is 2.26. The second-order valence-electron chi connectivity index (χ2n) is 8.28. The van der Waals surface area contributed by atoms with Crippen LogP contribution in [0.25, 0.3) is 0 Å². The fraction of sp³-hybridized carbons (Fsp3) is 0.333. The van der Waals surface area contributed by atoms with Crippen LogP contribution in [0.15, 0.2) is 72.8 Å². The average molecular weight is 435 g/mol. The number of piperidine rings is 1. The number of likely N-dealkylation sites (tertiary alicyclic amines) is 1. The molecule has 0 bridgehead atoms. The van der Waals surface area contributed by atoms with Crippen molar-refractivity contribution >= 4 is 0 Å². The second kappa shape index (κ2) is 11.1. The molecular weight excluding hydrogens is 403 g/mol. The van der Waals surface area contributed by atoms with Crippen LogP contribution in [-0.4, -0.2) is 31.1 Å². The van der Waals surface area contributed by atoms with E-state index in [4.69, 9.17) is 9.47 Å². The number of nitrogens with zero attached hydrogens (tertiary/aromatic N) is 1. The number of ether oxygens (including phenoxy) is 2. The van der Waals surface area contributed by atoms with Crippen molar-refractivity contribution in [3.8, 4) is 11.5 Å². The molecule has 5 heteroatoms. The van der Waals surface area contributed by atoms with Crippen molar-refractivity contribution in [2.45, 2.75) is 38.6 Å². The van der Waals surface area contributed by atoms with E-state index in [2.05, 4.69) is 46.6 Å². The van der Waals surface area contributed by atoms with Crippen molar-refractivity contribution in [2.75, 3.05) is 20.2 Å². The first kappa shape index (κ1) is 22.3. The molecule has 0 aliphatic carbocycles. The minimum atomic E-state index is -0.245. The van der Waals surface area contributed by atoms with Gasteiger partial charge in [-0.2, -0.15) is 0 Å². The van der Waals surface area contributed by atoms with E-state index >= 15 is 0 Å². The van der Waals surface area contributed by atoms with Gasteiger partial charge in [-0.05, 0) is 55.3 Å². The predicted octanol–water partition coefficient (Wildman–Crippen LogP) is 5.17. The predicted molar refractivity (Wildman–Crippen MR) is 125 cm³/mol. The van der Waals surface area contributed by atoms with Gasteiger partial charge in [0.1, 0.15) is 12.4 Å². The molecule has 0 amide bonds. The molecule has 3 aromatic rings. The molecule has 4 nitrogen and oxygen atoms in total. The molecule has 0 spiro atoms. The maximum Gasteiger partial charge on any atom is 0.166 e. The number of benzene rings is 3. The van der Waals surface area contributed by atoms with Crippen LogP contribution in [0.5, 0.6) is 11.5 Å². The fourth-order valence-corrected chi connectivity index (χ4v) is 4.15. The third-order valence-electron chi connectivity index (χ3n) is 5.99. The van der Waals surface area contributed by atoms with Crippen molar-refractivity contribution in [3.63, 3.8) is 0 Å². The maximum absolute atomic E-state index is 13.2. The lowest BCUT2D eigenvalue weighted by molar-refractivity contribution is 0.189. The lowest BCUT2D eigenvalue weighted by Crippen LogP contribution is -2.41. The van der Waals surface area contributed by atoms with Crippen molar-refractivity contribution in [1.29, 1.82) is 0 Å². The van der Waals surface area contributed by atoms with E-state index < -0.39 is 0 Å². The molecule has 1 heterocycles. The van der Waals surface area contributed by atoms with Crippen LogP contribution in [0, 0.1) is 5.82 Å². The Kier molecular flexibility index (Phi) is 7.75. The molecule has 3 aromatic carbocycles. The Morgan fingerprint density at radius 3 is 2.38 bits per heavy atom. The number of para-hydroxylation sites is 1. The highest BCUT2D eigenvalue weighted by Gasteiger charge is 2.20. The molecule has 1 aliphatic rings. The van der Waals surface area contributed by atoms with Crippen LogP contribution >= 0.6 is 0 Å². The lowest BCUT2D eigenvalue weighted by Gasteiger charge is -2.32. The third kappa shape index (κ3) is 6.09. The first-order chi connectivity index (χ1) is 15.7. The summed E-state index contributed by atoms with van der Waals surface area (Å²) in [7, 11) is 1.65. The zero-order valence-electron chi connectivity index (χ0n) is 18.6. The molecule has 0 saturated carbocycles. The highest BCUT2D eigenvalue weighted by Crippen LogP contribution is 2.32. The highest BCUT2D eigenvalue weighted by atomic mass is 19.1. The fourth-order valence-electron chi connectivity index (χ4n) is 4.15. The number of methoxy groups -OCH3 is 1. The molecule has 0 radical (unpaired) electrons. The Morgan fingerprint density at radius 2 is 1.66 bits per heavy atom. The van der Waals surface area contributed by atoms with Gasteiger partial charge in [0.05, 0.1) is 7.11 Å². The summed E-state index contributed by atoms with van der Waals surface area (Å²) in [6.45, 7) is 4.30. The normalized spacial score (nSPS) is 14.9. The Bertz CT molecular complexity index is 971. The van der Waals surface area contributed by atoms with Gasteiger partial charge in [-0.25, -0.2) is 4.39 Å². The highest BCUT2D eigenvalue weighted by molar-refractivity contribution is 5.46. The Morgan fingerprint density at radius 1 is 0.906 bits per heavy atom. The van der Waals surface area contributed by atoms with Crippen molar-refractivity contribution < 1.29 is 13.9 Å². The zero-order chi connectivity index (χ0) is 22.2. The standard InChI is InChI=1S/C27H31FN2O2/c1-31-26-9-5-8-23(27(26)32-20-22-10-12-24(28)13-11-22)18-29-25-14-16-30(17-15-25)19-21-6-3-2-4-7-21/h2-13,25,29H,14-20H2,1H3. The van der Waals surface area contributed by atoms with Crippen LogP contribution in [0.4, 0.5) is 4.39 Å². The van der Waals surface area contributed by atoms with Gasteiger partial charge >= 0.3 is 0 Å². The quantitative estimate of drug-likeness (QED) is 0.504. The minimum Gasteiger partial charge on any atom is -0.493 e. The Hall–Kier alpha value is -2.89. The van der Waals surface area contributed by atoms with Crippen molar-refractivity contribution in [3.05, 3.63) is 95.3 Å². The molecule has 1 fully saturated rings. The van der Waals surface area contributed by atoms with E-state index in [-0.39, 0.29) is 5.82 Å². The number of hydrogen-bond acceptors (Lipinski definition) is 4.